The van der Waals surface area contributed by atoms with E-state index in [1.807, 2.05) is 30.4 Å². The second-order valence-corrected chi connectivity index (χ2v) is 8.77. The summed E-state index contributed by atoms with van der Waals surface area (Å²) in [5.74, 6) is 0. The lowest BCUT2D eigenvalue weighted by Crippen LogP contribution is -1.96. The minimum absolute atomic E-state index is 0.747. The highest BCUT2D eigenvalue weighted by atomic mass is 32.2. The molecule has 2 aromatic heterocycles. The van der Waals surface area contributed by atoms with Gasteiger partial charge in [0.1, 0.15) is 0 Å². The number of thiophene rings is 2. The molecule has 3 aromatic rings. The van der Waals surface area contributed by atoms with E-state index in [4.69, 9.17) is 0 Å². The van der Waals surface area contributed by atoms with Crippen LogP contribution >= 0.6 is 22.7 Å². The van der Waals surface area contributed by atoms with Crippen molar-refractivity contribution in [3.05, 3.63) is 87.5 Å². The molecule has 0 saturated carbocycles. The third kappa shape index (κ3) is 3.02. The molecule has 4 heteroatoms. The number of allylic oxidation sites excluding steroid dienone is 3. The molecule has 114 valence electrons. The van der Waals surface area contributed by atoms with Gasteiger partial charge in [0.05, 0.1) is 15.7 Å². The summed E-state index contributed by atoms with van der Waals surface area (Å²) in [5.41, 5.74) is 1.20. The Kier molecular flexibility index (Phi) is 4.12. The predicted molar refractivity (Wildman–Crippen MR) is 102 cm³/mol. The Morgan fingerprint density at radius 1 is 0.826 bits per heavy atom. The Labute approximate surface area is 146 Å². The molecule has 0 aliphatic carbocycles. The number of benzene rings is 1. The molecule has 0 N–H and O–H groups in total. The quantitative estimate of drug-likeness (QED) is 0.587. The monoisotopic (exact) mass is 354 g/mol. The van der Waals surface area contributed by atoms with Crippen LogP contribution in [0.25, 0.3) is 14.7 Å². The molecule has 1 atom stereocenters. The number of hydrogen-bond acceptors (Lipinski definition) is 3. The fraction of sp³-hybridized carbons (Fsp3) is 0.0526. The summed E-state index contributed by atoms with van der Waals surface area (Å²) in [6, 6.07) is 18.6. The second kappa shape index (κ2) is 6.40. The lowest BCUT2D eigenvalue weighted by Gasteiger charge is -2.04. The van der Waals surface area contributed by atoms with E-state index in [0.717, 1.165) is 21.1 Å². The first-order chi connectivity index (χ1) is 11.3. The van der Waals surface area contributed by atoms with Gasteiger partial charge in [0.15, 0.2) is 0 Å². The van der Waals surface area contributed by atoms with Gasteiger partial charge in [-0.25, -0.2) is 4.21 Å². The summed E-state index contributed by atoms with van der Waals surface area (Å²) < 4.78 is 12.8. The van der Waals surface area contributed by atoms with Crippen LogP contribution in [0.3, 0.4) is 0 Å². The zero-order valence-electron chi connectivity index (χ0n) is 12.3. The second-order valence-electron chi connectivity index (χ2n) is 5.24. The maximum absolute atomic E-state index is 12.8. The summed E-state index contributed by atoms with van der Waals surface area (Å²) in [6.07, 6.45) is 4.78. The summed E-state index contributed by atoms with van der Waals surface area (Å²) in [4.78, 5) is 5.53. The van der Waals surface area contributed by atoms with Crippen LogP contribution in [0.1, 0.15) is 10.4 Å². The first kappa shape index (κ1) is 14.8. The van der Waals surface area contributed by atoms with E-state index in [-0.39, 0.29) is 0 Å². The lowest BCUT2D eigenvalue weighted by atomic mass is 10.1. The minimum Gasteiger partial charge on any atom is -0.249 e. The molecule has 1 nitrogen and oxygen atoms in total. The first-order valence-electron chi connectivity index (χ1n) is 7.32. The third-order valence-electron chi connectivity index (χ3n) is 3.69. The van der Waals surface area contributed by atoms with Crippen LogP contribution in [0, 0.1) is 0 Å². The number of hydrogen-bond donors (Lipinski definition) is 0. The van der Waals surface area contributed by atoms with E-state index >= 15 is 0 Å². The smallest absolute Gasteiger partial charge is 0.0826 e. The minimum atomic E-state index is -1.05. The molecule has 0 bridgehead atoms. The van der Waals surface area contributed by atoms with E-state index in [1.54, 1.807) is 22.7 Å². The van der Waals surface area contributed by atoms with Gasteiger partial charge >= 0.3 is 0 Å². The Balaban J connectivity index is 1.53. The average molecular weight is 355 g/mol. The summed E-state index contributed by atoms with van der Waals surface area (Å²) in [5, 5.41) is 2.08. The summed E-state index contributed by atoms with van der Waals surface area (Å²) in [6.45, 7) is 0. The van der Waals surface area contributed by atoms with Crippen LogP contribution < -0.4 is 0 Å². The Bertz CT molecular complexity index is 899. The SMILES string of the molecule is O=S1C(Cc2ccccc2)=CC=C1c1ccc(-c2cccs2)s1. The van der Waals surface area contributed by atoms with E-state index in [9.17, 15) is 4.21 Å². The van der Waals surface area contributed by atoms with Crippen LogP contribution in [-0.4, -0.2) is 4.21 Å². The third-order valence-corrected chi connectivity index (χ3v) is 7.52. The molecule has 3 heterocycles. The highest BCUT2D eigenvalue weighted by Gasteiger charge is 2.21. The van der Waals surface area contributed by atoms with Crippen molar-refractivity contribution < 1.29 is 4.21 Å². The zero-order valence-corrected chi connectivity index (χ0v) is 14.7. The predicted octanol–water partition coefficient (Wildman–Crippen LogP) is 5.71. The number of rotatable bonds is 4. The van der Waals surface area contributed by atoms with Crippen LogP contribution in [0.2, 0.25) is 0 Å². The topological polar surface area (TPSA) is 17.1 Å². The van der Waals surface area contributed by atoms with Gasteiger partial charge in [0.25, 0.3) is 0 Å². The highest BCUT2D eigenvalue weighted by molar-refractivity contribution is 7.98. The van der Waals surface area contributed by atoms with Gasteiger partial charge in [-0.2, -0.15) is 0 Å². The molecule has 0 saturated heterocycles. The van der Waals surface area contributed by atoms with E-state index < -0.39 is 10.8 Å². The Morgan fingerprint density at radius 2 is 1.65 bits per heavy atom. The maximum atomic E-state index is 12.8. The van der Waals surface area contributed by atoms with Crippen molar-refractivity contribution in [2.24, 2.45) is 0 Å². The van der Waals surface area contributed by atoms with E-state index in [2.05, 4.69) is 41.8 Å². The normalized spacial score (nSPS) is 17.1. The standard InChI is InChI=1S/C19H14OS3/c20-23-15(13-14-5-2-1-3-6-14)8-11-19(23)18-10-9-17(22-18)16-7-4-12-21-16/h1-12H,13H2. The van der Waals surface area contributed by atoms with E-state index in [0.29, 0.717) is 0 Å². The van der Waals surface area contributed by atoms with Crippen molar-refractivity contribution >= 4 is 38.4 Å². The Hall–Kier alpha value is -1.75. The summed E-state index contributed by atoms with van der Waals surface area (Å²) >= 11 is 3.45. The van der Waals surface area contributed by atoms with Gasteiger partial charge in [0, 0.05) is 26.0 Å². The van der Waals surface area contributed by atoms with Crippen LogP contribution in [0.4, 0.5) is 0 Å². The molecule has 0 spiro atoms. The fourth-order valence-corrected chi connectivity index (χ4v) is 5.88. The molecule has 0 radical (unpaired) electrons. The van der Waals surface area contributed by atoms with Crippen LogP contribution in [0.15, 0.2) is 77.0 Å². The molecule has 0 amide bonds. The molecule has 0 fully saturated rings. The van der Waals surface area contributed by atoms with Gasteiger partial charge in [-0.05, 0) is 41.3 Å². The molecule has 23 heavy (non-hydrogen) atoms. The van der Waals surface area contributed by atoms with Crippen LogP contribution in [0.5, 0.6) is 0 Å². The van der Waals surface area contributed by atoms with Crippen molar-refractivity contribution in [2.45, 2.75) is 6.42 Å². The highest BCUT2D eigenvalue weighted by Crippen LogP contribution is 2.38. The van der Waals surface area contributed by atoms with Gasteiger partial charge in [-0.15, -0.1) is 22.7 Å². The molecular weight excluding hydrogens is 340 g/mol. The van der Waals surface area contributed by atoms with Crippen molar-refractivity contribution in [2.75, 3.05) is 0 Å². The van der Waals surface area contributed by atoms with Crippen molar-refractivity contribution in [1.82, 2.24) is 0 Å². The molecule has 1 unspecified atom stereocenters. The average Bonchev–Trinajstić information content (AvgIpc) is 3.30. The van der Waals surface area contributed by atoms with Crippen molar-refractivity contribution in [3.8, 4) is 9.75 Å². The van der Waals surface area contributed by atoms with Crippen LogP contribution in [-0.2, 0) is 17.2 Å². The first-order valence-corrected chi connectivity index (χ1v) is 10.2. The maximum Gasteiger partial charge on any atom is 0.0826 e. The molecular formula is C19H14OS3. The van der Waals surface area contributed by atoms with Gasteiger partial charge < -0.3 is 0 Å². The van der Waals surface area contributed by atoms with Gasteiger partial charge in [-0.3, -0.25) is 0 Å². The fourth-order valence-electron chi connectivity index (χ4n) is 2.55. The lowest BCUT2D eigenvalue weighted by molar-refractivity contribution is 0.692. The van der Waals surface area contributed by atoms with Crippen molar-refractivity contribution in [3.63, 3.8) is 0 Å². The Morgan fingerprint density at radius 3 is 2.43 bits per heavy atom. The largest absolute Gasteiger partial charge is 0.249 e. The van der Waals surface area contributed by atoms with Gasteiger partial charge in [0.2, 0.25) is 0 Å². The zero-order chi connectivity index (χ0) is 15.6. The molecule has 4 rings (SSSR count). The van der Waals surface area contributed by atoms with E-state index in [1.165, 1.54) is 15.3 Å². The van der Waals surface area contributed by atoms with Crippen molar-refractivity contribution in [1.29, 1.82) is 0 Å². The van der Waals surface area contributed by atoms with Gasteiger partial charge in [-0.1, -0.05) is 36.4 Å². The molecule has 1 aromatic carbocycles. The molecule has 1 aliphatic heterocycles. The molecule has 1 aliphatic rings. The summed E-state index contributed by atoms with van der Waals surface area (Å²) in [7, 11) is -1.05.